The Labute approximate surface area is 138 Å². The van der Waals surface area contributed by atoms with Gasteiger partial charge in [0.15, 0.2) is 11.6 Å². The summed E-state index contributed by atoms with van der Waals surface area (Å²) in [5.41, 5.74) is 0. The SMILES string of the molecule is Cc1nc(C2CCCN(C(=O)NCCc3noc(CO)n3)C2)n[nH]1. The molecule has 3 N–H and O–H groups in total. The van der Waals surface area contributed by atoms with E-state index in [1.807, 2.05) is 6.92 Å². The Balaban J connectivity index is 1.47. The smallest absolute Gasteiger partial charge is 0.317 e. The molecule has 0 saturated carbocycles. The number of nitrogens with one attached hydrogen (secondary N) is 2. The van der Waals surface area contributed by atoms with Gasteiger partial charge in [0, 0.05) is 32.0 Å². The predicted molar refractivity (Wildman–Crippen MR) is 82.0 cm³/mol. The molecule has 1 saturated heterocycles. The molecule has 2 aromatic rings. The second-order valence-electron chi connectivity index (χ2n) is 5.81. The van der Waals surface area contributed by atoms with E-state index in [1.165, 1.54) is 0 Å². The number of hydrogen-bond acceptors (Lipinski definition) is 7. The number of likely N-dealkylation sites (tertiary alicyclic amines) is 1. The molecule has 2 amide bonds. The summed E-state index contributed by atoms with van der Waals surface area (Å²) in [5, 5.41) is 22.5. The van der Waals surface area contributed by atoms with E-state index in [4.69, 9.17) is 9.63 Å². The zero-order valence-electron chi connectivity index (χ0n) is 13.5. The minimum atomic E-state index is -0.283. The first-order valence-electron chi connectivity index (χ1n) is 7.99. The summed E-state index contributed by atoms with van der Waals surface area (Å²) in [6.07, 6.45) is 2.36. The normalized spacial score (nSPS) is 17.9. The van der Waals surface area contributed by atoms with Crippen molar-refractivity contribution < 1.29 is 14.4 Å². The first-order valence-corrected chi connectivity index (χ1v) is 7.99. The number of amides is 2. The van der Waals surface area contributed by atoms with E-state index in [0.29, 0.717) is 25.3 Å². The number of hydrogen-bond donors (Lipinski definition) is 3. The van der Waals surface area contributed by atoms with Crippen molar-refractivity contribution in [3.63, 3.8) is 0 Å². The van der Waals surface area contributed by atoms with E-state index in [1.54, 1.807) is 4.90 Å². The number of H-pyrrole nitrogens is 1. The number of piperidine rings is 1. The molecule has 0 aromatic carbocycles. The summed E-state index contributed by atoms with van der Waals surface area (Å²) in [4.78, 5) is 22.4. The number of aliphatic hydroxyl groups excluding tert-OH is 1. The quantitative estimate of drug-likeness (QED) is 0.706. The van der Waals surface area contributed by atoms with Crippen LogP contribution in [0, 0.1) is 6.92 Å². The van der Waals surface area contributed by atoms with Crippen LogP contribution in [0.3, 0.4) is 0 Å². The summed E-state index contributed by atoms with van der Waals surface area (Å²) in [5.74, 6) is 2.37. The van der Waals surface area contributed by atoms with E-state index < -0.39 is 0 Å². The van der Waals surface area contributed by atoms with Crippen molar-refractivity contribution >= 4 is 6.03 Å². The highest BCUT2D eigenvalue weighted by molar-refractivity contribution is 5.74. The van der Waals surface area contributed by atoms with Gasteiger partial charge in [-0.3, -0.25) is 5.10 Å². The van der Waals surface area contributed by atoms with E-state index in [2.05, 4.69) is 30.6 Å². The van der Waals surface area contributed by atoms with E-state index in [-0.39, 0.29) is 24.4 Å². The minimum absolute atomic E-state index is 0.113. The molecule has 10 heteroatoms. The standard InChI is InChI=1S/C14H21N7O3/c1-9-16-13(19-18-9)10-3-2-6-21(7-10)14(23)15-5-4-11-17-12(8-22)24-20-11/h10,22H,2-8H2,1H3,(H,15,23)(H,16,18,19). The van der Waals surface area contributed by atoms with Gasteiger partial charge in [0.2, 0.25) is 0 Å². The van der Waals surface area contributed by atoms with Crippen LogP contribution in [-0.2, 0) is 13.0 Å². The number of aromatic nitrogens is 5. The highest BCUT2D eigenvalue weighted by atomic mass is 16.5. The number of carbonyl (C=O) groups is 1. The van der Waals surface area contributed by atoms with Gasteiger partial charge in [-0.05, 0) is 19.8 Å². The number of aliphatic hydroxyl groups is 1. The molecule has 1 fully saturated rings. The molecule has 0 radical (unpaired) electrons. The summed E-state index contributed by atoms with van der Waals surface area (Å²) >= 11 is 0. The zero-order valence-corrected chi connectivity index (χ0v) is 13.5. The van der Waals surface area contributed by atoms with Gasteiger partial charge in [-0.1, -0.05) is 5.16 Å². The van der Waals surface area contributed by atoms with Gasteiger partial charge in [0.1, 0.15) is 12.4 Å². The second kappa shape index (κ2) is 7.39. The molecule has 3 rings (SSSR count). The summed E-state index contributed by atoms with van der Waals surface area (Å²) in [6.45, 7) is 3.33. The van der Waals surface area contributed by atoms with Crippen LogP contribution in [0.15, 0.2) is 4.52 Å². The molecule has 24 heavy (non-hydrogen) atoms. The average Bonchev–Trinajstić information content (AvgIpc) is 3.24. The lowest BCUT2D eigenvalue weighted by molar-refractivity contribution is 0.178. The summed E-state index contributed by atoms with van der Waals surface area (Å²) in [7, 11) is 0. The van der Waals surface area contributed by atoms with Gasteiger partial charge in [-0.25, -0.2) is 9.78 Å². The van der Waals surface area contributed by atoms with Crippen molar-refractivity contribution in [2.45, 2.75) is 38.7 Å². The molecule has 1 aliphatic heterocycles. The molecule has 0 spiro atoms. The van der Waals surface area contributed by atoms with E-state index in [0.717, 1.165) is 31.0 Å². The van der Waals surface area contributed by atoms with Crippen molar-refractivity contribution in [2.24, 2.45) is 0 Å². The molecule has 0 bridgehead atoms. The molecule has 10 nitrogen and oxygen atoms in total. The maximum absolute atomic E-state index is 12.3. The number of nitrogens with zero attached hydrogens (tertiary/aromatic N) is 5. The van der Waals surface area contributed by atoms with Gasteiger partial charge in [-0.2, -0.15) is 10.1 Å². The lowest BCUT2D eigenvalue weighted by atomic mass is 9.98. The lowest BCUT2D eigenvalue weighted by Gasteiger charge is -2.31. The van der Waals surface area contributed by atoms with Crippen LogP contribution in [0.25, 0.3) is 0 Å². The van der Waals surface area contributed by atoms with Crippen molar-refractivity contribution in [2.75, 3.05) is 19.6 Å². The van der Waals surface area contributed by atoms with Crippen molar-refractivity contribution in [3.8, 4) is 0 Å². The van der Waals surface area contributed by atoms with Crippen molar-refractivity contribution in [1.82, 2.24) is 35.5 Å². The van der Waals surface area contributed by atoms with Crippen LogP contribution in [0.5, 0.6) is 0 Å². The number of aromatic amines is 1. The lowest BCUT2D eigenvalue weighted by Crippen LogP contribution is -2.45. The zero-order chi connectivity index (χ0) is 16.9. The molecule has 1 unspecified atom stereocenters. The highest BCUT2D eigenvalue weighted by Crippen LogP contribution is 2.24. The fraction of sp³-hybridized carbons (Fsp3) is 0.643. The van der Waals surface area contributed by atoms with Crippen LogP contribution in [-0.4, -0.2) is 61.0 Å². The summed E-state index contributed by atoms with van der Waals surface area (Å²) in [6, 6.07) is -0.113. The van der Waals surface area contributed by atoms with Gasteiger partial charge >= 0.3 is 6.03 Å². The third-order valence-corrected chi connectivity index (χ3v) is 3.96. The van der Waals surface area contributed by atoms with Crippen LogP contribution in [0.4, 0.5) is 4.79 Å². The van der Waals surface area contributed by atoms with Gasteiger partial charge in [0.25, 0.3) is 5.89 Å². The predicted octanol–water partition coefficient (Wildman–Crippen LogP) is 0.120. The maximum atomic E-state index is 12.3. The molecule has 2 aromatic heterocycles. The maximum Gasteiger partial charge on any atom is 0.317 e. The minimum Gasteiger partial charge on any atom is -0.387 e. The molecular formula is C14H21N7O3. The Hall–Kier alpha value is -2.49. The highest BCUT2D eigenvalue weighted by Gasteiger charge is 2.27. The van der Waals surface area contributed by atoms with E-state index in [9.17, 15) is 4.79 Å². The Morgan fingerprint density at radius 1 is 1.50 bits per heavy atom. The van der Waals surface area contributed by atoms with E-state index >= 15 is 0 Å². The number of aryl methyl sites for hydroxylation is 1. The fourth-order valence-corrected chi connectivity index (χ4v) is 2.76. The number of rotatable bonds is 5. The Morgan fingerprint density at radius 2 is 2.38 bits per heavy atom. The first kappa shape index (κ1) is 16.4. The van der Waals surface area contributed by atoms with Crippen LogP contribution in [0.1, 0.15) is 42.1 Å². The molecule has 130 valence electrons. The summed E-state index contributed by atoms with van der Waals surface area (Å²) < 4.78 is 4.80. The van der Waals surface area contributed by atoms with Gasteiger partial charge < -0.3 is 19.8 Å². The Kier molecular flexibility index (Phi) is 5.04. The Morgan fingerprint density at radius 3 is 3.08 bits per heavy atom. The molecule has 1 aliphatic rings. The average molecular weight is 335 g/mol. The number of carbonyl (C=O) groups excluding carboxylic acids is 1. The van der Waals surface area contributed by atoms with Crippen molar-refractivity contribution in [3.05, 3.63) is 23.4 Å². The van der Waals surface area contributed by atoms with Crippen LogP contribution < -0.4 is 5.32 Å². The molecule has 3 heterocycles. The van der Waals surface area contributed by atoms with Gasteiger partial charge in [0.05, 0.1) is 0 Å². The molecular weight excluding hydrogens is 314 g/mol. The fourth-order valence-electron chi connectivity index (χ4n) is 2.76. The third-order valence-electron chi connectivity index (χ3n) is 3.96. The van der Waals surface area contributed by atoms with Crippen LogP contribution >= 0.6 is 0 Å². The van der Waals surface area contributed by atoms with Crippen LogP contribution in [0.2, 0.25) is 0 Å². The Bertz CT molecular complexity index is 683. The monoisotopic (exact) mass is 335 g/mol. The largest absolute Gasteiger partial charge is 0.387 e. The molecule has 0 aliphatic carbocycles. The topological polar surface area (TPSA) is 133 Å². The second-order valence-corrected chi connectivity index (χ2v) is 5.81. The van der Waals surface area contributed by atoms with Gasteiger partial charge in [-0.15, -0.1) is 0 Å². The molecule has 1 atom stereocenters. The number of urea groups is 1. The van der Waals surface area contributed by atoms with Crippen molar-refractivity contribution in [1.29, 1.82) is 0 Å². The third kappa shape index (κ3) is 3.88. The first-order chi connectivity index (χ1) is 11.7.